The number of thioether (sulfide) groups is 1. The second-order valence-corrected chi connectivity index (χ2v) is 7.36. The maximum absolute atomic E-state index is 12.0. The smallest absolute Gasteiger partial charge is 0.315 e. The lowest BCUT2D eigenvalue weighted by Crippen LogP contribution is -2.40. The van der Waals surface area contributed by atoms with E-state index in [4.69, 9.17) is 0 Å². The largest absolute Gasteiger partial charge is 0.338 e. The van der Waals surface area contributed by atoms with Crippen LogP contribution in [0, 0.1) is 18.8 Å². The van der Waals surface area contributed by atoms with Crippen LogP contribution in [0.25, 0.3) is 0 Å². The van der Waals surface area contributed by atoms with Crippen molar-refractivity contribution in [2.45, 2.75) is 32.7 Å². The maximum atomic E-state index is 12.0. The second-order valence-electron chi connectivity index (χ2n) is 5.56. The van der Waals surface area contributed by atoms with Gasteiger partial charge in [0.15, 0.2) is 0 Å². The van der Waals surface area contributed by atoms with Gasteiger partial charge in [0.1, 0.15) is 5.01 Å². The number of carbonyl (C=O) groups excluding carboxylic acids is 1. The van der Waals surface area contributed by atoms with Crippen LogP contribution in [0.15, 0.2) is 5.38 Å². The van der Waals surface area contributed by atoms with Gasteiger partial charge in [0, 0.05) is 17.6 Å². The molecule has 1 fully saturated rings. The van der Waals surface area contributed by atoms with Gasteiger partial charge >= 0.3 is 6.03 Å². The van der Waals surface area contributed by atoms with E-state index in [1.807, 2.05) is 24.1 Å². The third kappa shape index (κ3) is 4.66. The molecule has 1 aliphatic rings. The van der Waals surface area contributed by atoms with Gasteiger partial charge in [-0.2, -0.15) is 11.8 Å². The molecule has 1 heterocycles. The fourth-order valence-corrected chi connectivity index (χ4v) is 3.75. The van der Waals surface area contributed by atoms with Crippen LogP contribution in [-0.2, 0) is 0 Å². The monoisotopic (exact) mass is 313 g/mol. The van der Waals surface area contributed by atoms with Crippen LogP contribution >= 0.6 is 23.1 Å². The van der Waals surface area contributed by atoms with Crippen molar-refractivity contribution in [2.75, 3.05) is 18.6 Å². The molecular weight excluding hydrogens is 290 g/mol. The van der Waals surface area contributed by atoms with Gasteiger partial charge in [0.2, 0.25) is 0 Å². The number of aryl methyl sites for hydroxylation is 1. The number of hydrogen-bond donors (Lipinski definition) is 2. The Hall–Kier alpha value is -0.750. The van der Waals surface area contributed by atoms with E-state index in [0.29, 0.717) is 11.8 Å². The summed E-state index contributed by atoms with van der Waals surface area (Å²) in [7, 11) is 0. The molecule has 2 N–H and O–H groups in total. The highest BCUT2D eigenvalue weighted by Gasteiger charge is 2.35. The van der Waals surface area contributed by atoms with Crippen molar-refractivity contribution in [2.24, 2.45) is 11.8 Å². The Bertz CT molecular complexity index is 445. The number of rotatable bonds is 7. The van der Waals surface area contributed by atoms with Gasteiger partial charge in [0.05, 0.1) is 6.04 Å². The fraction of sp³-hybridized carbons (Fsp3) is 0.714. The fourth-order valence-electron chi connectivity index (χ4n) is 2.13. The molecule has 0 radical (unpaired) electrons. The van der Waals surface area contributed by atoms with Crippen LogP contribution in [0.3, 0.4) is 0 Å². The van der Waals surface area contributed by atoms with E-state index < -0.39 is 0 Å². The van der Waals surface area contributed by atoms with Crippen molar-refractivity contribution in [1.82, 2.24) is 15.6 Å². The SMILES string of the molecule is CSCC(C)CNC(=O)NC(c1nc(C)cs1)C1CC1. The number of carbonyl (C=O) groups is 1. The average Bonchev–Trinajstić information content (AvgIpc) is 3.16. The summed E-state index contributed by atoms with van der Waals surface area (Å²) in [6.07, 6.45) is 4.46. The number of urea groups is 1. The van der Waals surface area contributed by atoms with Crippen molar-refractivity contribution in [3.05, 3.63) is 16.1 Å². The minimum absolute atomic E-state index is 0.0669. The summed E-state index contributed by atoms with van der Waals surface area (Å²) in [5, 5.41) is 9.15. The summed E-state index contributed by atoms with van der Waals surface area (Å²) in [5.74, 6) is 2.13. The first-order valence-corrected chi connectivity index (χ1v) is 9.32. The molecule has 4 nitrogen and oxygen atoms in total. The number of nitrogens with zero attached hydrogens (tertiary/aromatic N) is 1. The van der Waals surface area contributed by atoms with Gasteiger partial charge in [-0.05, 0) is 43.6 Å². The molecule has 0 aromatic carbocycles. The zero-order valence-corrected chi connectivity index (χ0v) is 13.9. The van der Waals surface area contributed by atoms with Gasteiger partial charge in [0.25, 0.3) is 0 Å². The molecule has 2 unspecified atom stereocenters. The van der Waals surface area contributed by atoms with Crippen molar-refractivity contribution >= 4 is 29.1 Å². The van der Waals surface area contributed by atoms with E-state index in [0.717, 1.165) is 23.0 Å². The maximum Gasteiger partial charge on any atom is 0.315 e. The quantitative estimate of drug-likeness (QED) is 0.813. The molecule has 0 bridgehead atoms. The summed E-state index contributed by atoms with van der Waals surface area (Å²) in [4.78, 5) is 16.5. The molecule has 1 aromatic rings. The summed E-state index contributed by atoms with van der Waals surface area (Å²) in [5.41, 5.74) is 1.03. The van der Waals surface area contributed by atoms with Gasteiger partial charge in [-0.25, -0.2) is 9.78 Å². The van der Waals surface area contributed by atoms with Crippen LogP contribution < -0.4 is 10.6 Å². The van der Waals surface area contributed by atoms with E-state index in [1.54, 1.807) is 11.3 Å². The normalized spacial score (nSPS) is 17.6. The van der Waals surface area contributed by atoms with Gasteiger partial charge in [-0.3, -0.25) is 0 Å². The van der Waals surface area contributed by atoms with Crippen LogP contribution in [0.4, 0.5) is 4.79 Å². The van der Waals surface area contributed by atoms with Crippen molar-refractivity contribution in [1.29, 1.82) is 0 Å². The van der Waals surface area contributed by atoms with Crippen LogP contribution in [0.1, 0.15) is 36.5 Å². The molecule has 1 aromatic heterocycles. The van der Waals surface area contributed by atoms with Crippen LogP contribution in [0.2, 0.25) is 0 Å². The van der Waals surface area contributed by atoms with E-state index in [9.17, 15) is 4.79 Å². The highest BCUT2D eigenvalue weighted by molar-refractivity contribution is 7.98. The molecule has 0 spiro atoms. The Morgan fingerprint density at radius 3 is 2.90 bits per heavy atom. The molecule has 1 aliphatic carbocycles. The standard InChI is InChI=1S/C14H23N3OS2/c1-9(7-19-3)6-15-14(18)17-12(11-4-5-11)13-16-10(2)8-20-13/h8-9,11-12H,4-7H2,1-3H3,(H2,15,17,18). The van der Waals surface area contributed by atoms with Crippen molar-refractivity contribution < 1.29 is 4.79 Å². The number of aromatic nitrogens is 1. The van der Waals surface area contributed by atoms with Gasteiger partial charge in [-0.1, -0.05) is 6.92 Å². The average molecular weight is 313 g/mol. The van der Waals surface area contributed by atoms with Crippen LogP contribution in [0.5, 0.6) is 0 Å². The summed E-state index contributed by atoms with van der Waals surface area (Å²) in [6, 6.07) is 0.0206. The first-order valence-electron chi connectivity index (χ1n) is 7.05. The topological polar surface area (TPSA) is 54.0 Å². The molecule has 1 saturated carbocycles. The molecule has 2 atom stereocenters. The first-order chi connectivity index (χ1) is 9.60. The third-order valence-corrected chi connectivity index (χ3v) is 5.29. The number of thiazole rings is 1. The molecule has 2 amide bonds. The summed E-state index contributed by atoms with van der Waals surface area (Å²) < 4.78 is 0. The zero-order chi connectivity index (χ0) is 14.5. The minimum Gasteiger partial charge on any atom is -0.338 e. The molecular formula is C14H23N3OS2. The summed E-state index contributed by atoms with van der Waals surface area (Å²) in [6.45, 7) is 4.87. The third-order valence-electron chi connectivity index (χ3n) is 3.35. The van der Waals surface area contributed by atoms with E-state index in [2.05, 4.69) is 28.8 Å². The lowest BCUT2D eigenvalue weighted by atomic mass is 10.2. The molecule has 0 aliphatic heterocycles. The van der Waals surface area contributed by atoms with E-state index in [-0.39, 0.29) is 12.1 Å². The van der Waals surface area contributed by atoms with Crippen molar-refractivity contribution in [3.63, 3.8) is 0 Å². The number of amides is 2. The Balaban J connectivity index is 1.84. The molecule has 0 saturated heterocycles. The molecule has 20 heavy (non-hydrogen) atoms. The molecule has 112 valence electrons. The van der Waals surface area contributed by atoms with Crippen LogP contribution in [-0.4, -0.2) is 29.6 Å². The predicted octanol–water partition coefficient (Wildman–Crippen LogP) is 3.20. The Morgan fingerprint density at radius 2 is 2.35 bits per heavy atom. The van der Waals surface area contributed by atoms with E-state index >= 15 is 0 Å². The number of hydrogen-bond acceptors (Lipinski definition) is 4. The Labute approximate surface area is 129 Å². The Morgan fingerprint density at radius 1 is 1.60 bits per heavy atom. The minimum atomic E-state index is -0.0669. The highest BCUT2D eigenvalue weighted by atomic mass is 32.2. The number of nitrogens with one attached hydrogen (secondary N) is 2. The van der Waals surface area contributed by atoms with Crippen molar-refractivity contribution in [3.8, 4) is 0 Å². The van der Waals surface area contributed by atoms with Gasteiger partial charge < -0.3 is 10.6 Å². The summed E-state index contributed by atoms with van der Waals surface area (Å²) >= 11 is 3.45. The lowest BCUT2D eigenvalue weighted by molar-refractivity contribution is 0.234. The predicted molar refractivity (Wildman–Crippen MR) is 86.4 cm³/mol. The van der Waals surface area contributed by atoms with E-state index in [1.165, 1.54) is 12.8 Å². The molecule has 2 rings (SSSR count). The molecule has 6 heteroatoms. The first kappa shape index (κ1) is 15.6. The highest BCUT2D eigenvalue weighted by Crippen LogP contribution is 2.41. The second kappa shape index (κ2) is 7.31. The lowest BCUT2D eigenvalue weighted by Gasteiger charge is -2.18. The zero-order valence-electron chi connectivity index (χ0n) is 12.3. The Kier molecular flexibility index (Phi) is 5.72. The van der Waals surface area contributed by atoms with Gasteiger partial charge in [-0.15, -0.1) is 11.3 Å².